The van der Waals surface area contributed by atoms with E-state index in [1.54, 1.807) is 6.20 Å². The van der Waals surface area contributed by atoms with Crippen molar-refractivity contribution in [3.8, 4) is 5.75 Å². The fraction of sp³-hybridized carbons (Fsp3) is 0.318. The molecule has 0 saturated carbocycles. The zero-order valence-corrected chi connectivity index (χ0v) is 15.7. The highest BCUT2D eigenvalue weighted by molar-refractivity contribution is 6.01. The summed E-state index contributed by atoms with van der Waals surface area (Å²) in [6, 6.07) is 11.2. The molecule has 28 heavy (non-hydrogen) atoms. The minimum absolute atomic E-state index is 0.0172. The summed E-state index contributed by atoms with van der Waals surface area (Å²) < 4.78 is 6.26. The summed E-state index contributed by atoms with van der Waals surface area (Å²) in [5.41, 5.74) is 2.81. The number of hydrogen-bond acceptors (Lipinski definition) is 4. The largest absolute Gasteiger partial charge is 0.486 e. The number of rotatable bonds is 1. The summed E-state index contributed by atoms with van der Waals surface area (Å²) in [6.07, 6.45) is 3.44. The van der Waals surface area contributed by atoms with Crippen molar-refractivity contribution >= 4 is 22.6 Å². The SMILES string of the molecule is Cc1cc(C(=O)N2CCC3(CC2)CC(=O)c2ccccc2O3)cc2cn[nH]c12. The molecule has 1 N–H and O–H groups in total. The predicted molar refractivity (Wildman–Crippen MR) is 105 cm³/mol. The van der Waals surface area contributed by atoms with Gasteiger partial charge in [-0.1, -0.05) is 12.1 Å². The number of nitrogens with zero attached hydrogens (tertiary/aromatic N) is 2. The van der Waals surface area contributed by atoms with E-state index in [9.17, 15) is 9.59 Å². The van der Waals surface area contributed by atoms with Crippen LogP contribution < -0.4 is 4.74 Å². The molecule has 3 heterocycles. The molecule has 2 aliphatic rings. The Kier molecular flexibility index (Phi) is 3.75. The molecule has 3 aromatic rings. The molecule has 2 aromatic carbocycles. The van der Waals surface area contributed by atoms with E-state index in [2.05, 4.69) is 10.2 Å². The molecule has 0 radical (unpaired) electrons. The molecule has 6 heteroatoms. The molecule has 142 valence electrons. The van der Waals surface area contributed by atoms with Crippen LogP contribution >= 0.6 is 0 Å². The number of ether oxygens (including phenoxy) is 1. The maximum absolute atomic E-state index is 13.0. The topological polar surface area (TPSA) is 75.3 Å². The van der Waals surface area contributed by atoms with Gasteiger partial charge in [0.1, 0.15) is 11.4 Å². The van der Waals surface area contributed by atoms with Crippen LogP contribution in [0.1, 0.15) is 45.5 Å². The lowest BCUT2D eigenvalue weighted by atomic mass is 9.82. The fourth-order valence-corrected chi connectivity index (χ4v) is 4.38. The lowest BCUT2D eigenvalue weighted by molar-refractivity contribution is -0.00570. The van der Waals surface area contributed by atoms with Crippen LogP contribution in [0, 0.1) is 6.92 Å². The summed E-state index contributed by atoms with van der Waals surface area (Å²) in [4.78, 5) is 27.5. The Labute approximate surface area is 162 Å². The molecule has 1 amide bonds. The Balaban J connectivity index is 1.34. The molecule has 6 nitrogen and oxygen atoms in total. The molecular weight excluding hydrogens is 354 g/mol. The fourth-order valence-electron chi connectivity index (χ4n) is 4.38. The lowest BCUT2D eigenvalue weighted by Crippen LogP contribution is -2.52. The van der Waals surface area contributed by atoms with Gasteiger partial charge in [0.15, 0.2) is 5.78 Å². The molecule has 0 aliphatic carbocycles. The number of ketones is 1. The van der Waals surface area contributed by atoms with Gasteiger partial charge in [0.25, 0.3) is 5.91 Å². The number of para-hydroxylation sites is 1. The van der Waals surface area contributed by atoms with Gasteiger partial charge in [-0.2, -0.15) is 5.10 Å². The van der Waals surface area contributed by atoms with E-state index in [1.807, 2.05) is 48.2 Å². The molecule has 0 bridgehead atoms. The molecule has 5 rings (SSSR count). The van der Waals surface area contributed by atoms with Crippen molar-refractivity contribution < 1.29 is 14.3 Å². The number of fused-ring (bicyclic) bond motifs is 2. The number of aryl methyl sites for hydroxylation is 1. The van der Waals surface area contributed by atoms with Crippen molar-refractivity contribution in [2.75, 3.05) is 13.1 Å². The number of nitrogens with one attached hydrogen (secondary N) is 1. The van der Waals surface area contributed by atoms with E-state index in [0.29, 0.717) is 49.2 Å². The van der Waals surface area contributed by atoms with Crippen LogP contribution in [0.25, 0.3) is 10.9 Å². The Morgan fingerprint density at radius 3 is 2.82 bits per heavy atom. The third-order valence-corrected chi connectivity index (χ3v) is 5.95. The van der Waals surface area contributed by atoms with Gasteiger partial charge in [0.2, 0.25) is 0 Å². The highest BCUT2D eigenvalue weighted by atomic mass is 16.5. The summed E-state index contributed by atoms with van der Waals surface area (Å²) >= 11 is 0. The molecule has 2 aliphatic heterocycles. The van der Waals surface area contributed by atoms with Crippen molar-refractivity contribution in [1.82, 2.24) is 15.1 Å². The number of amides is 1. The molecule has 1 fully saturated rings. The number of likely N-dealkylation sites (tertiary alicyclic amines) is 1. The van der Waals surface area contributed by atoms with Crippen LogP contribution in [-0.4, -0.2) is 45.5 Å². The Morgan fingerprint density at radius 2 is 2.00 bits per heavy atom. The maximum atomic E-state index is 13.0. The Hall–Kier alpha value is -3.15. The quantitative estimate of drug-likeness (QED) is 0.706. The smallest absolute Gasteiger partial charge is 0.253 e. The minimum Gasteiger partial charge on any atom is -0.486 e. The van der Waals surface area contributed by atoms with Gasteiger partial charge in [-0.25, -0.2) is 0 Å². The number of carbonyl (C=O) groups is 2. The van der Waals surface area contributed by atoms with E-state index in [0.717, 1.165) is 16.5 Å². The second-order valence-electron chi connectivity index (χ2n) is 7.80. The second kappa shape index (κ2) is 6.19. The van der Waals surface area contributed by atoms with Crippen molar-refractivity contribution in [3.63, 3.8) is 0 Å². The van der Waals surface area contributed by atoms with Gasteiger partial charge >= 0.3 is 0 Å². The van der Waals surface area contributed by atoms with Crippen LogP contribution in [0.3, 0.4) is 0 Å². The standard InChI is InChI=1S/C22H21N3O3/c1-14-10-15(11-16-13-23-24-20(14)16)21(27)25-8-6-22(7-9-25)12-18(26)17-4-2-3-5-19(17)28-22/h2-5,10-11,13H,6-9,12H2,1H3,(H,23,24). The summed E-state index contributed by atoms with van der Waals surface area (Å²) in [6.45, 7) is 3.13. The third-order valence-electron chi connectivity index (χ3n) is 5.95. The van der Waals surface area contributed by atoms with Gasteiger partial charge in [-0.15, -0.1) is 0 Å². The first-order valence-corrected chi connectivity index (χ1v) is 9.59. The zero-order chi connectivity index (χ0) is 19.3. The Morgan fingerprint density at radius 1 is 1.21 bits per heavy atom. The zero-order valence-electron chi connectivity index (χ0n) is 15.7. The minimum atomic E-state index is -0.493. The van der Waals surface area contributed by atoms with Crippen LogP contribution in [0.2, 0.25) is 0 Å². The highest BCUT2D eigenvalue weighted by Gasteiger charge is 2.43. The number of benzene rings is 2. The molecule has 1 spiro atoms. The van der Waals surface area contributed by atoms with E-state index in [1.165, 1.54) is 0 Å². The van der Waals surface area contributed by atoms with E-state index >= 15 is 0 Å². The van der Waals surface area contributed by atoms with Crippen molar-refractivity contribution in [2.24, 2.45) is 0 Å². The van der Waals surface area contributed by atoms with Crippen molar-refractivity contribution in [3.05, 3.63) is 59.3 Å². The van der Waals surface area contributed by atoms with E-state index in [-0.39, 0.29) is 11.7 Å². The number of aromatic amines is 1. The van der Waals surface area contributed by atoms with Gasteiger partial charge in [-0.05, 0) is 36.8 Å². The third kappa shape index (κ3) is 2.68. The normalized spacial score (nSPS) is 18.2. The van der Waals surface area contributed by atoms with Crippen LogP contribution in [-0.2, 0) is 0 Å². The summed E-state index contributed by atoms with van der Waals surface area (Å²) in [7, 11) is 0. The Bertz CT molecular complexity index is 1090. The van der Waals surface area contributed by atoms with Crippen LogP contribution in [0.15, 0.2) is 42.6 Å². The van der Waals surface area contributed by atoms with Crippen LogP contribution in [0.5, 0.6) is 5.75 Å². The van der Waals surface area contributed by atoms with Crippen molar-refractivity contribution in [2.45, 2.75) is 31.8 Å². The van der Waals surface area contributed by atoms with Crippen molar-refractivity contribution in [1.29, 1.82) is 0 Å². The van der Waals surface area contributed by atoms with E-state index < -0.39 is 5.60 Å². The molecule has 1 aromatic heterocycles. The first kappa shape index (κ1) is 17.0. The number of H-pyrrole nitrogens is 1. The number of Topliss-reactive ketones (excluding diaryl/α,β-unsaturated/α-hetero) is 1. The number of carbonyl (C=O) groups excluding carboxylic acids is 2. The number of aromatic nitrogens is 2. The highest BCUT2D eigenvalue weighted by Crippen LogP contribution is 2.39. The lowest BCUT2D eigenvalue weighted by Gasteiger charge is -2.44. The molecular formula is C22H21N3O3. The molecule has 0 unspecified atom stereocenters. The van der Waals surface area contributed by atoms with Gasteiger partial charge in [-0.3, -0.25) is 14.7 Å². The van der Waals surface area contributed by atoms with Crippen LogP contribution in [0.4, 0.5) is 0 Å². The van der Waals surface area contributed by atoms with Gasteiger partial charge in [0, 0.05) is 36.9 Å². The second-order valence-corrected chi connectivity index (χ2v) is 7.80. The molecule has 1 saturated heterocycles. The monoisotopic (exact) mass is 375 g/mol. The number of hydrogen-bond donors (Lipinski definition) is 1. The number of piperidine rings is 1. The average Bonchev–Trinajstić information content (AvgIpc) is 3.17. The van der Waals surface area contributed by atoms with E-state index in [4.69, 9.17) is 4.74 Å². The first-order valence-electron chi connectivity index (χ1n) is 9.59. The first-order chi connectivity index (χ1) is 13.5. The predicted octanol–water partition coefficient (Wildman–Crippen LogP) is 3.51. The van der Waals surface area contributed by atoms with Gasteiger partial charge in [0.05, 0.1) is 23.7 Å². The molecule has 0 atom stereocenters. The summed E-state index contributed by atoms with van der Waals surface area (Å²) in [5.74, 6) is 0.811. The van der Waals surface area contributed by atoms with Gasteiger partial charge < -0.3 is 9.64 Å². The maximum Gasteiger partial charge on any atom is 0.253 e. The average molecular weight is 375 g/mol. The summed E-state index contributed by atoms with van der Waals surface area (Å²) in [5, 5.41) is 7.96.